The SMILES string of the molecule is CCNC(=NCC(C)CO)NCCCN1CCCCC1C. The smallest absolute Gasteiger partial charge is 0.191 e. The first-order valence-electron chi connectivity index (χ1n) is 8.54. The Hall–Kier alpha value is -0.810. The van der Waals surface area contributed by atoms with Gasteiger partial charge in [0.15, 0.2) is 5.96 Å². The van der Waals surface area contributed by atoms with E-state index in [0.29, 0.717) is 6.54 Å². The summed E-state index contributed by atoms with van der Waals surface area (Å²) in [6.07, 6.45) is 5.22. The maximum atomic E-state index is 9.05. The first-order valence-corrected chi connectivity index (χ1v) is 8.54. The normalized spacial score (nSPS) is 22.1. The Bertz CT molecular complexity index is 296. The van der Waals surface area contributed by atoms with Crippen LogP contribution in [-0.2, 0) is 0 Å². The van der Waals surface area contributed by atoms with Gasteiger partial charge in [0.2, 0.25) is 0 Å². The topological polar surface area (TPSA) is 59.9 Å². The highest BCUT2D eigenvalue weighted by Crippen LogP contribution is 2.15. The highest BCUT2D eigenvalue weighted by atomic mass is 16.3. The molecule has 0 saturated carbocycles. The van der Waals surface area contributed by atoms with Gasteiger partial charge in [-0.25, -0.2) is 0 Å². The maximum absolute atomic E-state index is 9.05. The van der Waals surface area contributed by atoms with Crippen molar-refractivity contribution in [1.29, 1.82) is 0 Å². The van der Waals surface area contributed by atoms with Crippen molar-refractivity contribution in [2.75, 3.05) is 39.3 Å². The van der Waals surface area contributed by atoms with E-state index in [4.69, 9.17) is 5.11 Å². The second kappa shape index (κ2) is 10.9. The van der Waals surface area contributed by atoms with Gasteiger partial charge in [-0.2, -0.15) is 0 Å². The van der Waals surface area contributed by atoms with Gasteiger partial charge in [-0.05, 0) is 45.6 Å². The van der Waals surface area contributed by atoms with Crippen molar-refractivity contribution in [1.82, 2.24) is 15.5 Å². The van der Waals surface area contributed by atoms with E-state index in [1.165, 1.54) is 32.4 Å². The predicted molar refractivity (Wildman–Crippen MR) is 89.7 cm³/mol. The van der Waals surface area contributed by atoms with Gasteiger partial charge >= 0.3 is 0 Å². The molecule has 1 saturated heterocycles. The minimum absolute atomic E-state index is 0.190. The lowest BCUT2D eigenvalue weighted by atomic mass is 10.0. The quantitative estimate of drug-likeness (QED) is 0.360. The zero-order chi connectivity index (χ0) is 15.5. The molecule has 0 aromatic carbocycles. The van der Waals surface area contributed by atoms with Crippen molar-refractivity contribution in [3.05, 3.63) is 0 Å². The third-order valence-corrected chi connectivity index (χ3v) is 4.07. The molecule has 21 heavy (non-hydrogen) atoms. The highest BCUT2D eigenvalue weighted by Gasteiger charge is 2.17. The van der Waals surface area contributed by atoms with Crippen molar-refractivity contribution < 1.29 is 5.11 Å². The molecule has 1 heterocycles. The molecule has 1 aliphatic rings. The average molecular weight is 298 g/mol. The van der Waals surface area contributed by atoms with Crippen molar-refractivity contribution in [3.63, 3.8) is 0 Å². The van der Waals surface area contributed by atoms with Crippen LogP contribution in [0.25, 0.3) is 0 Å². The molecular weight excluding hydrogens is 264 g/mol. The Morgan fingerprint density at radius 2 is 2.19 bits per heavy atom. The van der Waals surface area contributed by atoms with Crippen LogP contribution in [0.15, 0.2) is 4.99 Å². The summed E-state index contributed by atoms with van der Waals surface area (Å²) >= 11 is 0. The molecule has 0 bridgehead atoms. The standard InChI is InChI=1S/C16H34N4O/c1-4-17-16(19-12-14(2)13-21)18-9-7-11-20-10-6-5-8-15(20)3/h14-15,21H,4-13H2,1-3H3,(H2,17,18,19). The Labute approximate surface area is 130 Å². The molecule has 0 amide bonds. The van der Waals surface area contributed by atoms with Crippen molar-refractivity contribution in [3.8, 4) is 0 Å². The first-order chi connectivity index (χ1) is 10.2. The Morgan fingerprint density at radius 3 is 2.86 bits per heavy atom. The third-order valence-electron chi connectivity index (χ3n) is 4.07. The summed E-state index contributed by atoms with van der Waals surface area (Å²) < 4.78 is 0. The fraction of sp³-hybridized carbons (Fsp3) is 0.938. The largest absolute Gasteiger partial charge is 0.396 e. The number of hydrogen-bond acceptors (Lipinski definition) is 3. The molecule has 0 aromatic rings. The van der Waals surface area contributed by atoms with E-state index >= 15 is 0 Å². The average Bonchev–Trinajstić information content (AvgIpc) is 2.50. The predicted octanol–water partition coefficient (Wildman–Crippen LogP) is 1.43. The molecule has 0 radical (unpaired) electrons. The Morgan fingerprint density at radius 1 is 1.38 bits per heavy atom. The van der Waals surface area contributed by atoms with E-state index in [1.807, 2.05) is 6.92 Å². The number of aliphatic hydroxyl groups excluding tert-OH is 1. The molecule has 5 nitrogen and oxygen atoms in total. The van der Waals surface area contributed by atoms with Gasteiger partial charge in [0, 0.05) is 38.8 Å². The fourth-order valence-corrected chi connectivity index (χ4v) is 2.63. The second-order valence-corrected chi connectivity index (χ2v) is 6.17. The highest BCUT2D eigenvalue weighted by molar-refractivity contribution is 5.79. The van der Waals surface area contributed by atoms with Crippen LogP contribution in [0.3, 0.4) is 0 Å². The van der Waals surface area contributed by atoms with E-state index in [0.717, 1.165) is 31.5 Å². The molecule has 124 valence electrons. The number of nitrogens with zero attached hydrogens (tertiary/aromatic N) is 2. The lowest BCUT2D eigenvalue weighted by Crippen LogP contribution is -2.41. The maximum Gasteiger partial charge on any atom is 0.191 e. The zero-order valence-corrected chi connectivity index (χ0v) is 14.1. The molecule has 0 spiro atoms. The van der Waals surface area contributed by atoms with Gasteiger partial charge in [0.25, 0.3) is 0 Å². The monoisotopic (exact) mass is 298 g/mol. The summed E-state index contributed by atoms with van der Waals surface area (Å²) in [7, 11) is 0. The van der Waals surface area contributed by atoms with Crippen LogP contribution < -0.4 is 10.6 Å². The van der Waals surface area contributed by atoms with Crippen molar-refractivity contribution in [2.24, 2.45) is 10.9 Å². The van der Waals surface area contributed by atoms with Crippen molar-refractivity contribution >= 4 is 5.96 Å². The van der Waals surface area contributed by atoms with Crippen LogP contribution in [0.1, 0.15) is 46.5 Å². The van der Waals surface area contributed by atoms with E-state index in [1.54, 1.807) is 0 Å². The number of aliphatic hydroxyl groups is 1. The number of likely N-dealkylation sites (tertiary alicyclic amines) is 1. The van der Waals surface area contributed by atoms with E-state index in [9.17, 15) is 0 Å². The number of nitrogens with one attached hydrogen (secondary N) is 2. The number of piperidine rings is 1. The molecule has 1 rings (SSSR count). The number of guanidine groups is 1. The lowest BCUT2D eigenvalue weighted by Gasteiger charge is -2.33. The van der Waals surface area contributed by atoms with Crippen LogP contribution in [0.2, 0.25) is 0 Å². The van der Waals surface area contributed by atoms with Crippen LogP contribution in [0.4, 0.5) is 0 Å². The Balaban J connectivity index is 2.23. The summed E-state index contributed by atoms with van der Waals surface area (Å²) in [5, 5.41) is 15.7. The van der Waals surface area contributed by atoms with E-state index in [-0.39, 0.29) is 12.5 Å². The second-order valence-electron chi connectivity index (χ2n) is 6.17. The fourth-order valence-electron chi connectivity index (χ4n) is 2.63. The van der Waals surface area contributed by atoms with Crippen LogP contribution in [-0.4, -0.2) is 61.3 Å². The summed E-state index contributed by atoms with van der Waals surface area (Å²) in [5.74, 6) is 1.08. The molecular formula is C16H34N4O. The van der Waals surface area contributed by atoms with Gasteiger partial charge < -0.3 is 20.6 Å². The van der Waals surface area contributed by atoms with Crippen LogP contribution >= 0.6 is 0 Å². The van der Waals surface area contributed by atoms with Gasteiger partial charge in [0.1, 0.15) is 0 Å². The number of rotatable bonds is 8. The third kappa shape index (κ3) is 7.67. The van der Waals surface area contributed by atoms with Gasteiger partial charge in [-0.1, -0.05) is 13.3 Å². The van der Waals surface area contributed by atoms with Crippen molar-refractivity contribution in [2.45, 2.75) is 52.5 Å². The number of hydrogen-bond donors (Lipinski definition) is 3. The first kappa shape index (κ1) is 18.2. The van der Waals surface area contributed by atoms with E-state index < -0.39 is 0 Å². The minimum Gasteiger partial charge on any atom is -0.396 e. The van der Waals surface area contributed by atoms with Crippen LogP contribution in [0, 0.1) is 5.92 Å². The number of aliphatic imine (C=N–C) groups is 1. The zero-order valence-electron chi connectivity index (χ0n) is 14.1. The van der Waals surface area contributed by atoms with Crippen LogP contribution in [0.5, 0.6) is 0 Å². The lowest BCUT2D eigenvalue weighted by molar-refractivity contribution is 0.159. The minimum atomic E-state index is 0.190. The molecule has 5 heteroatoms. The molecule has 0 aliphatic carbocycles. The molecule has 2 atom stereocenters. The summed E-state index contributed by atoms with van der Waals surface area (Å²) in [6, 6.07) is 0.742. The van der Waals surface area contributed by atoms with Gasteiger partial charge in [-0.15, -0.1) is 0 Å². The molecule has 1 aliphatic heterocycles. The van der Waals surface area contributed by atoms with E-state index in [2.05, 4.69) is 34.4 Å². The Kier molecular flexibility index (Phi) is 9.42. The summed E-state index contributed by atoms with van der Waals surface area (Å²) in [5.41, 5.74) is 0. The summed E-state index contributed by atoms with van der Waals surface area (Å²) in [4.78, 5) is 7.10. The summed E-state index contributed by atoms with van der Waals surface area (Å²) in [6.45, 7) is 11.5. The molecule has 0 aromatic heterocycles. The van der Waals surface area contributed by atoms with Gasteiger partial charge in [-0.3, -0.25) is 4.99 Å². The van der Waals surface area contributed by atoms with Gasteiger partial charge in [0.05, 0.1) is 0 Å². The molecule has 1 fully saturated rings. The molecule has 3 N–H and O–H groups in total. The molecule has 2 unspecified atom stereocenters.